The maximum absolute atomic E-state index is 5.42. The molecule has 2 saturated heterocycles. The Balaban J connectivity index is 1.70. The summed E-state index contributed by atoms with van der Waals surface area (Å²) in [5.74, 6) is 1.03. The summed E-state index contributed by atoms with van der Waals surface area (Å²) in [4.78, 5) is 9.37. The standard InChI is InChI=1S/C15H24N4O/c1-18-7-9-19(10-8-18)14-3-2-6-16-15(14)17-13-4-11-20-12-5-13/h2-3,6,13H,4-5,7-12H2,1H3,(H,16,17). The van der Waals surface area contributed by atoms with Crippen LogP contribution in [0.15, 0.2) is 18.3 Å². The van der Waals surface area contributed by atoms with Crippen LogP contribution in [-0.4, -0.2) is 62.4 Å². The van der Waals surface area contributed by atoms with Gasteiger partial charge in [0.25, 0.3) is 0 Å². The van der Waals surface area contributed by atoms with Crippen LogP contribution in [0, 0.1) is 0 Å². The lowest BCUT2D eigenvalue weighted by atomic mass is 10.1. The summed E-state index contributed by atoms with van der Waals surface area (Å²) in [6.45, 7) is 6.09. The Morgan fingerprint density at radius 3 is 2.70 bits per heavy atom. The zero-order chi connectivity index (χ0) is 13.8. The molecule has 2 fully saturated rings. The van der Waals surface area contributed by atoms with Gasteiger partial charge < -0.3 is 19.9 Å². The Morgan fingerprint density at radius 2 is 1.95 bits per heavy atom. The molecule has 0 amide bonds. The predicted molar refractivity (Wildman–Crippen MR) is 81.4 cm³/mol. The zero-order valence-corrected chi connectivity index (χ0v) is 12.2. The number of hydrogen-bond acceptors (Lipinski definition) is 5. The highest BCUT2D eigenvalue weighted by Gasteiger charge is 2.20. The molecule has 2 aliphatic rings. The molecule has 0 unspecified atom stereocenters. The number of nitrogens with zero attached hydrogens (tertiary/aromatic N) is 3. The first-order valence-corrected chi connectivity index (χ1v) is 7.56. The van der Waals surface area contributed by atoms with Gasteiger partial charge in [0, 0.05) is 51.6 Å². The van der Waals surface area contributed by atoms with Crippen LogP contribution in [0.1, 0.15) is 12.8 Å². The second-order valence-electron chi connectivity index (χ2n) is 5.69. The molecule has 1 aromatic rings. The first-order valence-electron chi connectivity index (χ1n) is 7.56. The quantitative estimate of drug-likeness (QED) is 0.904. The lowest BCUT2D eigenvalue weighted by Gasteiger charge is -2.35. The summed E-state index contributed by atoms with van der Waals surface area (Å²) in [6.07, 6.45) is 4.01. The minimum atomic E-state index is 0.491. The van der Waals surface area contributed by atoms with Crippen LogP contribution in [0.25, 0.3) is 0 Å². The SMILES string of the molecule is CN1CCN(c2cccnc2NC2CCOCC2)CC1. The maximum Gasteiger partial charge on any atom is 0.149 e. The van der Waals surface area contributed by atoms with Crippen LogP contribution in [0.3, 0.4) is 0 Å². The molecule has 0 radical (unpaired) electrons. The molecule has 5 nitrogen and oxygen atoms in total. The number of piperazine rings is 1. The normalized spacial score (nSPS) is 21.9. The maximum atomic E-state index is 5.42. The van der Waals surface area contributed by atoms with Crippen LogP contribution in [0.4, 0.5) is 11.5 Å². The second kappa shape index (κ2) is 6.41. The lowest BCUT2D eigenvalue weighted by Crippen LogP contribution is -2.45. The second-order valence-corrected chi connectivity index (χ2v) is 5.69. The summed E-state index contributed by atoms with van der Waals surface area (Å²) in [5.41, 5.74) is 1.24. The molecule has 20 heavy (non-hydrogen) atoms. The number of aromatic nitrogens is 1. The van der Waals surface area contributed by atoms with Crippen LogP contribution in [-0.2, 0) is 4.74 Å². The van der Waals surface area contributed by atoms with E-state index in [2.05, 4.69) is 33.2 Å². The Bertz CT molecular complexity index is 426. The van der Waals surface area contributed by atoms with Gasteiger partial charge in [-0.2, -0.15) is 0 Å². The highest BCUT2D eigenvalue weighted by atomic mass is 16.5. The van der Waals surface area contributed by atoms with Crippen molar-refractivity contribution in [3.05, 3.63) is 18.3 Å². The molecular weight excluding hydrogens is 252 g/mol. The van der Waals surface area contributed by atoms with Gasteiger partial charge in [-0.1, -0.05) is 0 Å². The van der Waals surface area contributed by atoms with Crippen molar-refractivity contribution < 1.29 is 4.74 Å². The van der Waals surface area contributed by atoms with Gasteiger partial charge in [0.1, 0.15) is 5.82 Å². The molecule has 1 aromatic heterocycles. The lowest BCUT2D eigenvalue weighted by molar-refractivity contribution is 0.0904. The van der Waals surface area contributed by atoms with E-state index in [-0.39, 0.29) is 0 Å². The Labute approximate surface area is 120 Å². The van der Waals surface area contributed by atoms with Crippen LogP contribution in [0.5, 0.6) is 0 Å². The minimum Gasteiger partial charge on any atom is -0.381 e. The largest absolute Gasteiger partial charge is 0.381 e. The third kappa shape index (κ3) is 3.22. The van der Waals surface area contributed by atoms with Crippen molar-refractivity contribution in [3.8, 4) is 0 Å². The fourth-order valence-electron chi connectivity index (χ4n) is 2.85. The first kappa shape index (κ1) is 13.6. The van der Waals surface area contributed by atoms with E-state index >= 15 is 0 Å². The molecule has 1 N–H and O–H groups in total. The van der Waals surface area contributed by atoms with E-state index in [1.54, 1.807) is 0 Å². The van der Waals surface area contributed by atoms with Crippen molar-refractivity contribution in [2.45, 2.75) is 18.9 Å². The van der Waals surface area contributed by atoms with E-state index in [1.165, 1.54) is 5.69 Å². The van der Waals surface area contributed by atoms with Crippen LogP contribution >= 0.6 is 0 Å². The summed E-state index contributed by atoms with van der Waals surface area (Å²) >= 11 is 0. The molecule has 5 heteroatoms. The van der Waals surface area contributed by atoms with Crippen molar-refractivity contribution in [1.82, 2.24) is 9.88 Å². The van der Waals surface area contributed by atoms with E-state index in [0.717, 1.165) is 58.1 Å². The fourth-order valence-corrected chi connectivity index (χ4v) is 2.85. The number of ether oxygens (including phenoxy) is 1. The number of nitrogens with one attached hydrogen (secondary N) is 1. The minimum absolute atomic E-state index is 0.491. The van der Waals surface area contributed by atoms with Crippen LogP contribution in [0.2, 0.25) is 0 Å². The summed E-state index contributed by atoms with van der Waals surface area (Å²) in [5, 5.41) is 3.61. The summed E-state index contributed by atoms with van der Waals surface area (Å²) < 4.78 is 5.42. The molecule has 0 spiro atoms. The predicted octanol–water partition coefficient (Wildman–Crippen LogP) is 1.42. The number of pyridine rings is 1. The van der Waals surface area contributed by atoms with E-state index in [9.17, 15) is 0 Å². The monoisotopic (exact) mass is 276 g/mol. The smallest absolute Gasteiger partial charge is 0.149 e. The van der Waals surface area contributed by atoms with E-state index in [1.807, 2.05) is 12.3 Å². The fraction of sp³-hybridized carbons (Fsp3) is 0.667. The Morgan fingerprint density at radius 1 is 1.20 bits per heavy atom. The summed E-state index contributed by atoms with van der Waals surface area (Å²) in [7, 11) is 2.18. The number of hydrogen-bond donors (Lipinski definition) is 1. The van der Waals surface area contributed by atoms with E-state index in [0.29, 0.717) is 6.04 Å². The number of anilines is 2. The topological polar surface area (TPSA) is 40.6 Å². The van der Waals surface area contributed by atoms with Crippen molar-refractivity contribution in [3.63, 3.8) is 0 Å². The van der Waals surface area contributed by atoms with Crippen molar-refractivity contribution >= 4 is 11.5 Å². The molecule has 110 valence electrons. The molecule has 3 heterocycles. The molecule has 0 aromatic carbocycles. The van der Waals surface area contributed by atoms with Gasteiger partial charge in [0.05, 0.1) is 5.69 Å². The molecule has 0 bridgehead atoms. The van der Waals surface area contributed by atoms with Gasteiger partial charge in [-0.15, -0.1) is 0 Å². The van der Waals surface area contributed by atoms with Crippen molar-refractivity contribution in [1.29, 1.82) is 0 Å². The molecule has 3 rings (SSSR count). The number of rotatable bonds is 3. The van der Waals surface area contributed by atoms with Gasteiger partial charge in [-0.25, -0.2) is 4.98 Å². The highest BCUT2D eigenvalue weighted by molar-refractivity contribution is 5.66. The van der Waals surface area contributed by atoms with Gasteiger partial charge in [0.15, 0.2) is 0 Å². The Hall–Kier alpha value is -1.33. The third-order valence-corrected chi connectivity index (χ3v) is 4.19. The van der Waals surface area contributed by atoms with Crippen molar-refractivity contribution in [2.24, 2.45) is 0 Å². The average Bonchev–Trinajstić information content (AvgIpc) is 2.50. The van der Waals surface area contributed by atoms with Gasteiger partial charge in [-0.3, -0.25) is 0 Å². The van der Waals surface area contributed by atoms with E-state index in [4.69, 9.17) is 4.74 Å². The van der Waals surface area contributed by atoms with Crippen molar-refractivity contribution in [2.75, 3.05) is 56.7 Å². The Kier molecular flexibility index (Phi) is 4.38. The average molecular weight is 276 g/mol. The first-order chi connectivity index (χ1) is 9.83. The third-order valence-electron chi connectivity index (χ3n) is 4.19. The van der Waals surface area contributed by atoms with E-state index < -0.39 is 0 Å². The highest BCUT2D eigenvalue weighted by Crippen LogP contribution is 2.26. The molecule has 0 saturated carbocycles. The number of likely N-dealkylation sites (N-methyl/N-ethyl adjacent to an activating group) is 1. The summed E-state index contributed by atoms with van der Waals surface area (Å²) in [6, 6.07) is 4.70. The molecule has 2 aliphatic heterocycles. The van der Waals surface area contributed by atoms with Crippen LogP contribution < -0.4 is 10.2 Å². The zero-order valence-electron chi connectivity index (χ0n) is 12.2. The molecular formula is C15H24N4O. The molecule has 0 atom stereocenters. The molecule has 0 aliphatic carbocycles. The van der Waals surface area contributed by atoms with Gasteiger partial charge in [0.2, 0.25) is 0 Å². The van der Waals surface area contributed by atoms with Gasteiger partial charge in [-0.05, 0) is 32.0 Å². The van der Waals surface area contributed by atoms with Gasteiger partial charge >= 0.3 is 0 Å².